The SMILES string of the molecule is CC(=O)OC(C)(C[Se]c1ccccc1)c1ccccc1. The number of hydrogen-bond acceptors (Lipinski definition) is 2. The third-order valence-electron chi connectivity index (χ3n) is 3.01. The van der Waals surface area contributed by atoms with Crippen LogP contribution in [0.2, 0.25) is 5.32 Å². The molecular weight excluding hydrogens is 315 g/mol. The van der Waals surface area contributed by atoms with Crippen molar-refractivity contribution in [3.8, 4) is 0 Å². The molecule has 2 aromatic rings. The second kappa shape index (κ2) is 6.74. The molecule has 2 rings (SSSR count). The van der Waals surface area contributed by atoms with E-state index in [0.29, 0.717) is 0 Å². The van der Waals surface area contributed by atoms with Gasteiger partial charge in [0.15, 0.2) is 0 Å². The summed E-state index contributed by atoms with van der Waals surface area (Å²) in [6.07, 6.45) is 0. The predicted molar refractivity (Wildman–Crippen MR) is 82.2 cm³/mol. The summed E-state index contributed by atoms with van der Waals surface area (Å²) in [6.45, 7) is 3.46. The Hall–Kier alpha value is -1.57. The molecule has 20 heavy (non-hydrogen) atoms. The number of esters is 1. The van der Waals surface area contributed by atoms with E-state index < -0.39 is 5.60 Å². The Morgan fingerprint density at radius 2 is 1.60 bits per heavy atom. The summed E-state index contributed by atoms with van der Waals surface area (Å²) in [5, 5.41) is 0.827. The number of rotatable bonds is 5. The Labute approximate surface area is 126 Å². The minimum atomic E-state index is -0.553. The van der Waals surface area contributed by atoms with Crippen LogP contribution in [0.1, 0.15) is 19.4 Å². The second-order valence-electron chi connectivity index (χ2n) is 4.79. The molecule has 1 unspecified atom stereocenters. The van der Waals surface area contributed by atoms with Gasteiger partial charge in [0, 0.05) is 0 Å². The number of carbonyl (C=O) groups excluding carboxylic acids is 1. The standard InChI is InChI=1S/C17H18O2Se/c1-14(18)19-17(2,15-9-5-3-6-10-15)13-20-16-11-7-4-8-12-16/h3-12H,13H2,1-2H3. The first-order chi connectivity index (χ1) is 9.60. The molecule has 104 valence electrons. The summed E-state index contributed by atoms with van der Waals surface area (Å²) in [4.78, 5) is 11.4. The van der Waals surface area contributed by atoms with Gasteiger partial charge in [0.05, 0.1) is 0 Å². The van der Waals surface area contributed by atoms with Gasteiger partial charge in [-0.05, 0) is 0 Å². The molecule has 0 spiro atoms. The molecular formula is C17H18O2Se. The zero-order valence-electron chi connectivity index (χ0n) is 11.7. The van der Waals surface area contributed by atoms with Crippen molar-refractivity contribution in [1.82, 2.24) is 0 Å². The fourth-order valence-electron chi connectivity index (χ4n) is 2.02. The fourth-order valence-corrected chi connectivity index (χ4v) is 4.15. The monoisotopic (exact) mass is 334 g/mol. The molecule has 0 amide bonds. The zero-order chi connectivity index (χ0) is 14.4. The van der Waals surface area contributed by atoms with Crippen LogP contribution in [0, 0.1) is 0 Å². The van der Waals surface area contributed by atoms with Crippen LogP contribution >= 0.6 is 0 Å². The topological polar surface area (TPSA) is 26.3 Å². The van der Waals surface area contributed by atoms with Crippen molar-refractivity contribution >= 4 is 25.4 Å². The average molecular weight is 333 g/mol. The summed E-state index contributed by atoms with van der Waals surface area (Å²) < 4.78 is 6.94. The normalized spacial score (nSPS) is 13.5. The number of hydrogen-bond donors (Lipinski definition) is 0. The molecule has 2 nitrogen and oxygen atoms in total. The van der Waals surface area contributed by atoms with Gasteiger partial charge in [0.1, 0.15) is 0 Å². The van der Waals surface area contributed by atoms with Gasteiger partial charge in [-0.3, -0.25) is 0 Å². The molecule has 0 heterocycles. The van der Waals surface area contributed by atoms with Gasteiger partial charge in [-0.2, -0.15) is 0 Å². The summed E-state index contributed by atoms with van der Waals surface area (Å²) in [5.74, 6) is -0.236. The van der Waals surface area contributed by atoms with Crippen LogP contribution in [0.3, 0.4) is 0 Å². The van der Waals surface area contributed by atoms with Crippen molar-refractivity contribution in [3.05, 3.63) is 66.2 Å². The molecule has 0 fully saturated rings. The van der Waals surface area contributed by atoms with Gasteiger partial charge < -0.3 is 0 Å². The maximum absolute atomic E-state index is 11.4. The molecule has 0 saturated carbocycles. The summed E-state index contributed by atoms with van der Waals surface area (Å²) >= 11 is 0.265. The van der Waals surface area contributed by atoms with E-state index in [-0.39, 0.29) is 20.9 Å². The van der Waals surface area contributed by atoms with Crippen LogP contribution in [-0.2, 0) is 15.1 Å². The van der Waals surface area contributed by atoms with Crippen LogP contribution in [0.15, 0.2) is 60.7 Å². The number of ether oxygens (including phenoxy) is 1. The molecule has 3 heteroatoms. The predicted octanol–water partition coefficient (Wildman–Crippen LogP) is 2.91. The first-order valence-electron chi connectivity index (χ1n) is 6.53. The van der Waals surface area contributed by atoms with Gasteiger partial charge in [-0.15, -0.1) is 0 Å². The average Bonchev–Trinajstić information content (AvgIpc) is 2.47. The van der Waals surface area contributed by atoms with Gasteiger partial charge in [-0.1, -0.05) is 0 Å². The third kappa shape index (κ3) is 3.96. The molecule has 0 saturated heterocycles. The quantitative estimate of drug-likeness (QED) is 0.621. The summed E-state index contributed by atoms with van der Waals surface area (Å²) in [5.41, 5.74) is 0.496. The first kappa shape index (κ1) is 14.8. The van der Waals surface area contributed by atoms with E-state index >= 15 is 0 Å². The Bertz CT molecular complexity index is 554. The molecule has 0 aliphatic heterocycles. The van der Waals surface area contributed by atoms with Gasteiger partial charge in [0.2, 0.25) is 0 Å². The van der Waals surface area contributed by atoms with Gasteiger partial charge >= 0.3 is 126 Å². The van der Waals surface area contributed by atoms with Crippen LogP contribution in [0.5, 0.6) is 0 Å². The number of carbonyl (C=O) groups is 1. The fraction of sp³-hybridized carbons (Fsp3) is 0.235. The Balaban J connectivity index is 2.17. The van der Waals surface area contributed by atoms with Crippen molar-refractivity contribution in [2.45, 2.75) is 24.8 Å². The molecule has 0 aliphatic carbocycles. The van der Waals surface area contributed by atoms with E-state index in [1.165, 1.54) is 11.4 Å². The van der Waals surface area contributed by atoms with Crippen molar-refractivity contribution in [3.63, 3.8) is 0 Å². The first-order valence-corrected chi connectivity index (χ1v) is 8.60. The van der Waals surface area contributed by atoms with E-state index in [4.69, 9.17) is 4.74 Å². The zero-order valence-corrected chi connectivity index (χ0v) is 13.4. The van der Waals surface area contributed by atoms with Crippen LogP contribution in [0.25, 0.3) is 0 Å². The summed E-state index contributed by atoms with van der Waals surface area (Å²) in [6, 6.07) is 20.3. The van der Waals surface area contributed by atoms with Gasteiger partial charge in [-0.25, -0.2) is 0 Å². The third-order valence-corrected chi connectivity index (χ3v) is 5.74. The van der Waals surface area contributed by atoms with Gasteiger partial charge in [0.25, 0.3) is 0 Å². The molecule has 1 atom stereocenters. The molecule has 0 aliphatic rings. The van der Waals surface area contributed by atoms with Crippen molar-refractivity contribution in [2.24, 2.45) is 0 Å². The Morgan fingerprint density at radius 3 is 2.15 bits per heavy atom. The minimum absolute atomic E-state index is 0.236. The second-order valence-corrected chi connectivity index (χ2v) is 6.99. The maximum atomic E-state index is 11.4. The van der Waals surface area contributed by atoms with E-state index in [1.54, 1.807) is 0 Å². The van der Waals surface area contributed by atoms with E-state index in [9.17, 15) is 4.79 Å². The molecule has 0 radical (unpaired) electrons. The van der Waals surface area contributed by atoms with E-state index in [1.807, 2.05) is 55.5 Å². The molecule has 0 aromatic heterocycles. The Morgan fingerprint density at radius 1 is 1.05 bits per heavy atom. The molecule has 2 aromatic carbocycles. The number of benzene rings is 2. The van der Waals surface area contributed by atoms with Crippen molar-refractivity contribution in [1.29, 1.82) is 0 Å². The van der Waals surface area contributed by atoms with Crippen molar-refractivity contribution in [2.75, 3.05) is 0 Å². The van der Waals surface area contributed by atoms with Crippen molar-refractivity contribution < 1.29 is 9.53 Å². The summed E-state index contributed by atoms with van der Waals surface area (Å²) in [7, 11) is 0. The van der Waals surface area contributed by atoms with Crippen LogP contribution < -0.4 is 4.46 Å². The van der Waals surface area contributed by atoms with Crippen LogP contribution in [-0.4, -0.2) is 20.9 Å². The van der Waals surface area contributed by atoms with E-state index in [0.717, 1.165) is 10.9 Å². The Kier molecular flexibility index (Phi) is 4.99. The van der Waals surface area contributed by atoms with Crippen LogP contribution in [0.4, 0.5) is 0 Å². The molecule has 0 N–H and O–H groups in total. The molecule has 0 bridgehead atoms. The van der Waals surface area contributed by atoms with E-state index in [2.05, 4.69) is 12.1 Å².